The van der Waals surface area contributed by atoms with Crippen molar-refractivity contribution in [3.05, 3.63) is 0 Å². The number of aliphatic imine (C=N–C) groups is 1. The van der Waals surface area contributed by atoms with Crippen LogP contribution in [0.15, 0.2) is 4.99 Å². The normalized spacial score (nSPS) is 23.9. The topological polar surface area (TPSA) is 51.1 Å². The van der Waals surface area contributed by atoms with Crippen LogP contribution in [0.25, 0.3) is 0 Å². The molecule has 0 bridgehead atoms. The molecule has 0 aromatic heterocycles. The fourth-order valence-electron chi connectivity index (χ4n) is 1.37. The number of hydrogen-bond donors (Lipinski definition) is 0. The third-order valence-electron chi connectivity index (χ3n) is 2.21. The van der Waals surface area contributed by atoms with Crippen LogP contribution in [-0.2, 0) is 37.2 Å². The molecule has 0 spiro atoms. The first-order chi connectivity index (χ1) is 7.00. The van der Waals surface area contributed by atoms with E-state index in [-0.39, 0.29) is 18.1 Å². The summed E-state index contributed by atoms with van der Waals surface area (Å²) in [7, 11) is 3.81. The van der Waals surface area contributed by atoms with Crippen LogP contribution in [0.3, 0.4) is 0 Å². The second-order valence-electron chi connectivity index (χ2n) is 3.83. The molecule has 1 heterocycles. The summed E-state index contributed by atoms with van der Waals surface area (Å²) in [6.45, 7) is 3.47. The Labute approximate surface area is 103 Å². The standard InChI is InChI=1S/C7H13N2O.C2H4O2.Hg/c1-5-6(2)10-7(8-5)9(3)4;1-2(3)4;/h5-6H,1H2,2-4H3;1H3,(H,3,4);/q;;+1/p-1/t5-,6+;;/m0../s1. The third-order valence-corrected chi connectivity index (χ3v) is 7.80. The van der Waals surface area contributed by atoms with Gasteiger partial charge in [0.1, 0.15) is 0 Å². The molecule has 15 heavy (non-hydrogen) atoms. The zero-order valence-corrected chi connectivity index (χ0v) is 15.2. The van der Waals surface area contributed by atoms with Crippen molar-refractivity contribution in [3.8, 4) is 0 Å². The Balaban J connectivity index is 2.38. The van der Waals surface area contributed by atoms with Gasteiger partial charge in [0.25, 0.3) is 0 Å². The van der Waals surface area contributed by atoms with E-state index in [9.17, 15) is 4.79 Å². The summed E-state index contributed by atoms with van der Waals surface area (Å²) in [5, 5.41) is 0. The van der Waals surface area contributed by atoms with Gasteiger partial charge in [-0.25, -0.2) is 0 Å². The summed E-state index contributed by atoms with van der Waals surface area (Å²) < 4.78 is 11.6. The molecule has 2 atom stereocenters. The first-order valence-electron chi connectivity index (χ1n) is 5.06. The second kappa shape index (κ2) is 5.68. The number of ether oxygens (including phenoxy) is 1. The Morgan fingerprint density at radius 3 is 2.80 bits per heavy atom. The van der Waals surface area contributed by atoms with E-state index < -0.39 is 25.0 Å². The van der Waals surface area contributed by atoms with E-state index in [0.29, 0.717) is 6.02 Å². The van der Waals surface area contributed by atoms with Gasteiger partial charge in [0.2, 0.25) is 0 Å². The van der Waals surface area contributed by atoms with Crippen molar-refractivity contribution >= 4 is 12.0 Å². The van der Waals surface area contributed by atoms with E-state index in [2.05, 4.69) is 4.99 Å². The average molecular weight is 401 g/mol. The van der Waals surface area contributed by atoms with E-state index in [1.165, 1.54) is 6.92 Å². The van der Waals surface area contributed by atoms with Crippen LogP contribution in [0.2, 0.25) is 3.93 Å². The number of amidine groups is 1. The maximum absolute atomic E-state index is 10.6. The van der Waals surface area contributed by atoms with Crippen molar-refractivity contribution in [1.29, 1.82) is 0 Å². The number of carbonyl (C=O) groups is 1. The van der Waals surface area contributed by atoms with E-state index in [0.717, 1.165) is 3.93 Å². The van der Waals surface area contributed by atoms with Gasteiger partial charge < -0.3 is 0 Å². The van der Waals surface area contributed by atoms with Crippen LogP contribution in [0, 0.1) is 0 Å². The molecule has 0 aliphatic carbocycles. The summed E-state index contributed by atoms with van der Waals surface area (Å²) in [4.78, 5) is 16.9. The van der Waals surface area contributed by atoms with E-state index in [4.69, 9.17) is 7.38 Å². The van der Waals surface area contributed by atoms with Gasteiger partial charge >= 0.3 is 103 Å². The van der Waals surface area contributed by atoms with Gasteiger partial charge in [-0.15, -0.1) is 0 Å². The maximum atomic E-state index is 10.6. The Morgan fingerprint density at radius 2 is 2.33 bits per heavy atom. The molecule has 6 heteroatoms. The molecule has 0 saturated heterocycles. The van der Waals surface area contributed by atoms with Crippen LogP contribution in [0.1, 0.15) is 13.8 Å². The number of rotatable bonds is 3. The van der Waals surface area contributed by atoms with Crippen LogP contribution in [-0.4, -0.2) is 43.1 Å². The molecule has 0 aromatic rings. The van der Waals surface area contributed by atoms with Crippen LogP contribution >= 0.6 is 0 Å². The predicted octanol–water partition coefficient (Wildman–Crippen LogP) is 0.670. The van der Waals surface area contributed by atoms with Crippen molar-refractivity contribution in [3.63, 3.8) is 0 Å². The quantitative estimate of drug-likeness (QED) is 0.653. The van der Waals surface area contributed by atoms with Crippen molar-refractivity contribution in [2.24, 2.45) is 4.99 Å². The molecule has 0 fully saturated rings. The third kappa shape index (κ3) is 3.97. The molecule has 5 nitrogen and oxygen atoms in total. The Bertz CT molecular complexity index is 268. The van der Waals surface area contributed by atoms with Gasteiger partial charge in [-0.05, 0) is 0 Å². The molecule has 1 aliphatic rings. The van der Waals surface area contributed by atoms with Crippen molar-refractivity contribution in [2.75, 3.05) is 14.1 Å². The zero-order valence-electron chi connectivity index (χ0n) is 9.69. The summed E-state index contributed by atoms with van der Waals surface area (Å²) in [5.41, 5.74) is 0. The van der Waals surface area contributed by atoms with Crippen LogP contribution in [0.4, 0.5) is 0 Å². The summed E-state index contributed by atoms with van der Waals surface area (Å²) in [5.74, 6) is -0.153. The summed E-state index contributed by atoms with van der Waals surface area (Å²) in [6, 6.07) is 0.868. The number of hydrogen-bond acceptors (Lipinski definition) is 5. The molecule has 0 saturated carbocycles. The minimum absolute atomic E-state index is 0.109. The fourth-order valence-corrected chi connectivity index (χ4v) is 6.21. The van der Waals surface area contributed by atoms with Crippen molar-refractivity contribution < 1.29 is 37.2 Å². The second-order valence-corrected chi connectivity index (χ2v) is 8.78. The molecule has 1 aliphatic heterocycles. The molecule has 0 aromatic carbocycles. The van der Waals surface area contributed by atoms with E-state index in [1.54, 1.807) is 0 Å². The molecule has 0 unspecified atom stereocenters. The van der Waals surface area contributed by atoms with Gasteiger partial charge in [-0.1, -0.05) is 0 Å². The first kappa shape index (κ1) is 12.7. The van der Waals surface area contributed by atoms with E-state index in [1.807, 2.05) is 25.9 Å². The van der Waals surface area contributed by atoms with Gasteiger partial charge in [0, 0.05) is 0 Å². The molecular weight excluding hydrogens is 385 g/mol. The molecule has 0 N–H and O–H groups in total. The Kier molecular flexibility index (Phi) is 4.82. The molecular formula is C9H16HgN2O3. The van der Waals surface area contributed by atoms with Crippen molar-refractivity contribution in [2.45, 2.75) is 29.9 Å². The minimum atomic E-state index is -1.52. The Morgan fingerprint density at radius 1 is 1.67 bits per heavy atom. The molecule has 1 rings (SSSR count). The van der Waals surface area contributed by atoms with Crippen molar-refractivity contribution in [1.82, 2.24) is 4.90 Å². The SMILES string of the molecule is CC(=O)[O][Hg][CH2][C@@H]1N=C(N(C)C)O[C@@H]1C. The van der Waals surface area contributed by atoms with Crippen LogP contribution in [0.5, 0.6) is 0 Å². The van der Waals surface area contributed by atoms with Gasteiger partial charge in [0.15, 0.2) is 0 Å². The zero-order chi connectivity index (χ0) is 11.4. The van der Waals surface area contributed by atoms with Gasteiger partial charge in [0.05, 0.1) is 0 Å². The van der Waals surface area contributed by atoms with E-state index >= 15 is 0 Å². The predicted molar refractivity (Wildman–Crippen MR) is 52.0 cm³/mol. The average Bonchev–Trinajstić information content (AvgIpc) is 2.47. The molecule has 0 radical (unpaired) electrons. The Hall–Kier alpha value is -0.325. The fraction of sp³-hybridized carbons (Fsp3) is 0.778. The first-order valence-corrected chi connectivity index (χ1v) is 11.2. The van der Waals surface area contributed by atoms with Gasteiger partial charge in [-0.2, -0.15) is 0 Å². The number of nitrogens with zero attached hydrogens (tertiary/aromatic N) is 2. The van der Waals surface area contributed by atoms with Gasteiger partial charge in [-0.3, -0.25) is 0 Å². The molecule has 82 valence electrons. The summed E-state index contributed by atoms with van der Waals surface area (Å²) in [6.07, 6.45) is 0.109. The monoisotopic (exact) mass is 402 g/mol. The number of carbonyl (C=O) groups excluding carboxylic acids is 1. The molecule has 0 amide bonds. The summed E-state index contributed by atoms with van der Waals surface area (Å²) >= 11 is -1.52. The van der Waals surface area contributed by atoms with Crippen LogP contribution < -0.4 is 0 Å².